The Bertz CT molecular complexity index is 1020. The van der Waals surface area contributed by atoms with Crippen LogP contribution in [0.25, 0.3) is 0 Å². The average Bonchev–Trinajstić information content (AvgIpc) is 2.73. The number of halogens is 4. The lowest BCUT2D eigenvalue weighted by atomic mass is 9.62. The van der Waals surface area contributed by atoms with Gasteiger partial charge in [-0.05, 0) is 68.1 Å². The van der Waals surface area contributed by atoms with Crippen molar-refractivity contribution in [1.82, 2.24) is 10.2 Å². The number of carbonyl (C=O) groups excluding carboxylic acids is 2. The van der Waals surface area contributed by atoms with Crippen molar-refractivity contribution in [3.8, 4) is 0 Å². The first-order valence-electron chi connectivity index (χ1n) is 10.3. The van der Waals surface area contributed by atoms with E-state index in [9.17, 15) is 22.8 Å². The second-order valence-electron chi connectivity index (χ2n) is 8.26. The smallest absolute Gasteiger partial charge is 0.237 e. The van der Waals surface area contributed by atoms with Crippen LogP contribution in [0.3, 0.4) is 0 Å². The van der Waals surface area contributed by atoms with Crippen LogP contribution in [0.4, 0.5) is 13.2 Å². The van der Waals surface area contributed by atoms with E-state index in [2.05, 4.69) is 26.1 Å². The van der Waals surface area contributed by atoms with Crippen molar-refractivity contribution >= 4 is 27.7 Å². The molecule has 0 aliphatic carbocycles. The average molecular weight is 495 g/mol. The third-order valence-electron chi connectivity index (χ3n) is 6.53. The van der Waals surface area contributed by atoms with Gasteiger partial charge >= 0.3 is 0 Å². The Morgan fingerprint density at radius 1 is 1.00 bits per heavy atom. The number of imide groups is 1. The molecular formula is C23H22BrF3N2O2. The van der Waals surface area contributed by atoms with Gasteiger partial charge in [0, 0.05) is 23.0 Å². The van der Waals surface area contributed by atoms with Crippen molar-refractivity contribution in [1.29, 1.82) is 0 Å². The van der Waals surface area contributed by atoms with Gasteiger partial charge in [-0.15, -0.1) is 0 Å². The number of amides is 2. The van der Waals surface area contributed by atoms with Crippen LogP contribution in [-0.2, 0) is 21.5 Å². The zero-order chi connectivity index (χ0) is 22.2. The fourth-order valence-electron chi connectivity index (χ4n) is 4.87. The topological polar surface area (TPSA) is 49.4 Å². The molecule has 2 heterocycles. The van der Waals surface area contributed by atoms with Crippen LogP contribution >= 0.6 is 15.9 Å². The van der Waals surface area contributed by atoms with Crippen molar-refractivity contribution in [3.63, 3.8) is 0 Å². The highest BCUT2D eigenvalue weighted by atomic mass is 79.9. The number of rotatable bonds is 4. The predicted molar refractivity (Wildman–Crippen MR) is 113 cm³/mol. The van der Waals surface area contributed by atoms with E-state index in [1.54, 1.807) is 12.1 Å². The van der Waals surface area contributed by atoms with Gasteiger partial charge in [-0.3, -0.25) is 19.8 Å². The van der Waals surface area contributed by atoms with Gasteiger partial charge in [0.05, 0.1) is 5.41 Å². The molecule has 0 bridgehead atoms. The van der Waals surface area contributed by atoms with Gasteiger partial charge in [0.25, 0.3) is 0 Å². The number of piperidine rings is 2. The lowest BCUT2D eigenvalue weighted by Crippen LogP contribution is -2.57. The minimum absolute atomic E-state index is 0.142. The second-order valence-corrected chi connectivity index (χ2v) is 9.18. The molecular weight excluding hydrogens is 473 g/mol. The van der Waals surface area contributed by atoms with Crippen LogP contribution in [-0.4, -0.2) is 29.8 Å². The Balaban J connectivity index is 1.55. The Morgan fingerprint density at radius 2 is 1.74 bits per heavy atom. The van der Waals surface area contributed by atoms with Crippen LogP contribution in [0.2, 0.25) is 0 Å². The van der Waals surface area contributed by atoms with Crippen molar-refractivity contribution in [2.24, 2.45) is 5.92 Å². The molecule has 2 aromatic rings. The number of benzene rings is 2. The Morgan fingerprint density at radius 3 is 2.39 bits per heavy atom. The highest BCUT2D eigenvalue weighted by molar-refractivity contribution is 9.10. The Hall–Kier alpha value is -2.19. The molecule has 1 atom stereocenters. The van der Waals surface area contributed by atoms with Crippen molar-refractivity contribution in [2.45, 2.75) is 37.6 Å². The third-order valence-corrected chi connectivity index (χ3v) is 7.03. The number of hydrogen-bond donors (Lipinski definition) is 1. The van der Waals surface area contributed by atoms with Gasteiger partial charge in [0.2, 0.25) is 11.8 Å². The third kappa shape index (κ3) is 4.28. The fourth-order valence-corrected chi connectivity index (χ4v) is 5.21. The molecule has 0 saturated carbocycles. The lowest BCUT2D eigenvalue weighted by molar-refractivity contribution is -0.140. The summed E-state index contributed by atoms with van der Waals surface area (Å²) in [4.78, 5) is 27.0. The Kier molecular flexibility index (Phi) is 6.21. The van der Waals surface area contributed by atoms with Crippen LogP contribution in [0.15, 0.2) is 40.9 Å². The number of nitrogens with one attached hydrogen (secondary N) is 1. The summed E-state index contributed by atoms with van der Waals surface area (Å²) in [6.45, 7) is 1.72. The van der Waals surface area contributed by atoms with E-state index in [-0.39, 0.29) is 30.5 Å². The monoisotopic (exact) mass is 494 g/mol. The highest BCUT2D eigenvalue weighted by Gasteiger charge is 2.50. The van der Waals surface area contributed by atoms with Crippen LogP contribution < -0.4 is 5.32 Å². The highest BCUT2D eigenvalue weighted by Crippen LogP contribution is 2.44. The maximum atomic E-state index is 14.2. The summed E-state index contributed by atoms with van der Waals surface area (Å²) in [6.07, 6.45) is 1.65. The molecule has 8 heteroatoms. The zero-order valence-electron chi connectivity index (χ0n) is 16.8. The van der Waals surface area contributed by atoms with E-state index < -0.39 is 23.0 Å². The molecule has 0 spiro atoms. The number of hydrogen-bond acceptors (Lipinski definition) is 3. The maximum absolute atomic E-state index is 14.2. The van der Waals surface area contributed by atoms with Crippen molar-refractivity contribution < 1.29 is 22.8 Å². The summed E-state index contributed by atoms with van der Waals surface area (Å²) >= 11 is 3.26. The summed E-state index contributed by atoms with van der Waals surface area (Å²) in [5, 5.41) is 2.40. The number of likely N-dealkylation sites (tertiary alicyclic amines) is 1. The van der Waals surface area contributed by atoms with Gasteiger partial charge in [-0.25, -0.2) is 13.2 Å². The van der Waals surface area contributed by atoms with Crippen molar-refractivity contribution in [2.75, 3.05) is 13.1 Å². The Labute approximate surface area is 186 Å². The molecule has 2 amide bonds. The molecule has 2 aliphatic heterocycles. The van der Waals surface area contributed by atoms with Gasteiger partial charge in [-0.1, -0.05) is 28.1 Å². The lowest BCUT2D eigenvalue weighted by Gasteiger charge is -2.45. The first-order valence-corrected chi connectivity index (χ1v) is 11.0. The van der Waals surface area contributed by atoms with Gasteiger partial charge in [-0.2, -0.15) is 0 Å². The maximum Gasteiger partial charge on any atom is 0.237 e. The summed E-state index contributed by atoms with van der Waals surface area (Å²) in [5.74, 6) is -3.21. The minimum atomic E-state index is -1.09. The van der Waals surface area contributed by atoms with E-state index in [0.717, 1.165) is 12.1 Å². The van der Waals surface area contributed by atoms with Crippen LogP contribution in [0, 0.1) is 23.4 Å². The van der Waals surface area contributed by atoms with Crippen molar-refractivity contribution in [3.05, 3.63) is 69.4 Å². The summed E-state index contributed by atoms with van der Waals surface area (Å²) < 4.78 is 42.4. The first-order chi connectivity index (χ1) is 14.8. The van der Waals surface area contributed by atoms with E-state index in [1.807, 2.05) is 0 Å². The molecule has 2 aromatic carbocycles. The summed E-state index contributed by atoms with van der Waals surface area (Å²) in [7, 11) is 0. The molecule has 1 N–H and O–H groups in total. The van der Waals surface area contributed by atoms with Gasteiger partial charge in [0.15, 0.2) is 11.6 Å². The van der Waals surface area contributed by atoms with E-state index in [0.29, 0.717) is 48.1 Å². The SMILES string of the molecule is O=C1CC[C@@](c2ccc(F)c(F)c2)(C2CCN(Cc3ccc(Br)cc3F)CC2)C(=O)N1. The van der Waals surface area contributed by atoms with E-state index in [4.69, 9.17) is 0 Å². The fraction of sp³-hybridized carbons (Fsp3) is 0.391. The largest absolute Gasteiger partial charge is 0.299 e. The molecule has 0 aromatic heterocycles. The van der Waals surface area contributed by atoms with Gasteiger partial charge < -0.3 is 0 Å². The number of nitrogens with zero attached hydrogens (tertiary/aromatic N) is 1. The predicted octanol–water partition coefficient (Wildman–Crippen LogP) is 4.45. The zero-order valence-corrected chi connectivity index (χ0v) is 18.4. The molecule has 2 saturated heterocycles. The van der Waals surface area contributed by atoms with Crippen LogP contribution in [0.1, 0.15) is 36.8 Å². The van der Waals surface area contributed by atoms with E-state index >= 15 is 0 Å². The summed E-state index contributed by atoms with van der Waals surface area (Å²) in [6, 6.07) is 8.53. The van der Waals surface area contributed by atoms with Gasteiger partial charge in [0.1, 0.15) is 5.82 Å². The number of carbonyl (C=O) groups is 2. The molecule has 2 aliphatic rings. The molecule has 0 unspecified atom stereocenters. The molecule has 0 radical (unpaired) electrons. The molecule has 164 valence electrons. The second kappa shape index (κ2) is 8.74. The first kappa shape index (κ1) is 22.0. The molecule has 4 nitrogen and oxygen atoms in total. The molecule has 2 fully saturated rings. The normalized spacial score (nSPS) is 23.1. The molecule has 31 heavy (non-hydrogen) atoms. The van der Waals surface area contributed by atoms with Crippen LogP contribution in [0.5, 0.6) is 0 Å². The standard InChI is InChI=1S/C23H22BrF3N2O2/c24-17-3-1-14(19(26)12-17)13-29-9-6-15(7-10-29)23(8-5-21(30)28-22(23)31)16-2-4-18(25)20(27)11-16/h1-4,11-12,15H,5-10,13H2,(H,28,30,31)/t23-/m0/s1. The summed E-state index contributed by atoms with van der Waals surface area (Å²) in [5.41, 5.74) is -0.0935. The minimum Gasteiger partial charge on any atom is -0.299 e. The van der Waals surface area contributed by atoms with E-state index in [1.165, 1.54) is 12.1 Å². The molecule has 4 rings (SSSR count). The quantitative estimate of drug-likeness (QED) is 0.638.